The number of nitrogens with zero attached hydrogens (tertiary/aromatic N) is 3. The van der Waals surface area contributed by atoms with Crippen molar-refractivity contribution in [1.82, 2.24) is 14.8 Å². The lowest BCUT2D eigenvalue weighted by Crippen LogP contribution is -2.11. The van der Waals surface area contributed by atoms with E-state index in [4.69, 9.17) is 4.74 Å². The van der Waals surface area contributed by atoms with E-state index in [2.05, 4.69) is 10.1 Å². The van der Waals surface area contributed by atoms with Crippen molar-refractivity contribution in [3.8, 4) is 33.4 Å². The van der Waals surface area contributed by atoms with Crippen LogP contribution in [0.2, 0.25) is 0 Å². The second kappa shape index (κ2) is 8.80. The average Bonchev–Trinajstić information content (AvgIpc) is 3.45. The number of ether oxygens (including phenoxy) is 1. The highest BCUT2D eigenvalue weighted by Gasteiger charge is 2.37. The molecule has 0 fully saturated rings. The third-order valence-corrected chi connectivity index (χ3v) is 5.70. The number of thiazole rings is 1. The fraction of sp³-hybridized carbons (Fsp3) is 0.136. The maximum Gasteiger partial charge on any atom is 0.416 e. The lowest BCUT2D eigenvalue weighted by molar-refractivity contribution is -0.143. The SMILES string of the molecule is COc1ccc(-c2csc(-n3cc(C=O)c(-c4cc(C(F)(F)F)cc(C(F)(F)F)c4)n3)n2)cc1F. The zero-order valence-electron chi connectivity index (χ0n) is 17.4. The van der Waals surface area contributed by atoms with Gasteiger partial charge < -0.3 is 4.74 Å². The first-order valence-electron chi connectivity index (χ1n) is 9.55. The van der Waals surface area contributed by atoms with E-state index in [-0.39, 0.29) is 34.5 Å². The Bertz CT molecular complexity index is 1370. The minimum atomic E-state index is -5.06. The van der Waals surface area contributed by atoms with Gasteiger partial charge in [-0.05, 0) is 36.4 Å². The van der Waals surface area contributed by atoms with Crippen molar-refractivity contribution in [2.75, 3.05) is 7.11 Å². The molecule has 0 spiro atoms. The number of aromatic nitrogens is 3. The van der Waals surface area contributed by atoms with Crippen LogP contribution in [0, 0.1) is 5.82 Å². The molecule has 13 heteroatoms. The van der Waals surface area contributed by atoms with Crippen molar-refractivity contribution in [1.29, 1.82) is 0 Å². The standard InChI is InChI=1S/C22H12F7N3O2S/c1-34-18-3-2-11(6-16(18)23)17-10-35-20(30-17)32-8-13(9-33)19(31-32)12-4-14(21(24,25)26)7-15(5-12)22(27,28)29/h2-10H,1H3. The first-order chi connectivity index (χ1) is 16.4. The van der Waals surface area contributed by atoms with Gasteiger partial charge in [-0.15, -0.1) is 11.3 Å². The molecule has 0 bridgehead atoms. The maximum absolute atomic E-state index is 14.0. The summed E-state index contributed by atoms with van der Waals surface area (Å²) in [6.07, 6.45) is -8.72. The molecule has 0 saturated carbocycles. The summed E-state index contributed by atoms with van der Waals surface area (Å²) < 4.78 is 99.4. The average molecular weight is 515 g/mol. The molecule has 0 saturated heterocycles. The molecule has 0 aliphatic heterocycles. The smallest absolute Gasteiger partial charge is 0.416 e. The summed E-state index contributed by atoms with van der Waals surface area (Å²) in [7, 11) is 1.31. The molecule has 0 aliphatic carbocycles. The van der Waals surface area contributed by atoms with Gasteiger partial charge >= 0.3 is 12.4 Å². The van der Waals surface area contributed by atoms with Crippen LogP contribution in [0.15, 0.2) is 48.0 Å². The van der Waals surface area contributed by atoms with Crippen LogP contribution in [0.3, 0.4) is 0 Å². The van der Waals surface area contributed by atoms with E-state index >= 15 is 0 Å². The summed E-state index contributed by atoms with van der Waals surface area (Å²) in [5, 5.41) is 5.72. The molecule has 4 rings (SSSR count). The summed E-state index contributed by atoms with van der Waals surface area (Å²) in [4.78, 5) is 15.8. The highest BCUT2D eigenvalue weighted by atomic mass is 32.1. The van der Waals surface area contributed by atoms with Gasteiger partial charge in [-0.2, -0.15) is 31.4 Å². The Balaban J connectivity index is 1.78. The fourth-order valence-electron chi connectivity index (χ4n) is 3.22. The number of hydrogen-bond donors (Lipinski definition) is 0. The van der Waals surface area contributed by atoms with E-state index in [0.29, 0.717) is 23.4 Å². The van der Waals surface area contributed by atoms with Crippen LogP contribution in [0.25, 0.3) is 27.6 Å². The number of alkyl halides is 6. The number of methoxy groups -OCH3 is 1. The number of carbonyl (C=O) groups excluding carboxylic acids is 1. The van der Waals surface area contributed by atoms with Gasteiger partial charge in [0, 0.05) is 22.7 Å². The molecular weight excluding hydrogens is 503 g/mol. The third-order valence-electron chi connectivity index (χ3n) is 4.87. The van der Waals surface area contributed by atoms with Crippen LogP contribution in [0.4, 0.5) is 30.7 Å². The van der Waals surface area contributed by atoms with Gasteiger partial charge in [0.25, 0.3) is 0 Å². The molecule has 2 aromatic heterocycles. The number of halogens is 7. The van der Waals surface area contributed by atoms with Gasteiger partial charge in [0.2, 0.25) is 5.13 Å². The lowest BCUT2D eigenvalue weighted by Gasteiger charge is -2.13. The first-order valence-corrected chi connectivity index (χ1v) is 10.4. The molecule has 35 heavy (non-hydrogen) atoms. The normalized spacial score (nSPS) is 12.1. The fourth-order valence-corrected chi connectivity index (χ4v) is 3.97. The molecule has 0 radical (unpaired) electrons. The Kier molecular flexibility index (Phi) is 6.13. The highest BCUT2D eigenvalue weighted by molar-refractivity contribution is 7.12. The quantitative estimate of drug-likeness (QED) is 0.220. The van der Waals surface area contributed by atoms with Crippen molar-refractivity contribution in [2.45, 2.75) is 12.4 Å². The van der Waals surface area contributed by atoms with Gasteiger partial charge in [0.1, 0.15) is 5.69 Å². The zero-order chi connectivity index (χ0) is 25.5. The van der Waals surface area contributed by atoms with Crippen LogP contribution in [-0.2, 0) is 12.4 Å². The second-order valence-electron chi connectivity index (χ2n) is 7.15. The summed E-state index contributed by atoms with van der Waals surface area (Å²) in [5.41, 5.74) is -3.52. The van der Waals surface area contributed by atoms with Crippen molar-refractivity contribution in [2.24, 2.45) is 0 Å². The van der Waals surface area contributed by atoms with Crippen molar-refractivity contribution in [3.63, 3.8) is 0 Å². The summed E-state index contributed by atoms with van der Waals surface area (Å²) >= 11 is 1.02. The predicted octanol–water partition coefficient (Wildman–Crippen LogP) is 6.66. The minimum absolute atomic E-state index is 0.0117. The van der Waals surface area contributed by atoms with Gasteiger partial charge in [-0.1, -0.05) is 0 Å². The first kappa shape index (κ1) is 24.4. The van der Waals surface area contributed by atoms with E-state index < -0.39 is 34.9 Å². The summed E-state index contributed by atoms with van der Waals surface area (Å²) in [6, 6.07) is 5.09. The molecule has 0 aliphatic rings. The van der Waals surface area contributed by atoms with Crippen LogP contribution in [0.1, 0.15) is 21.5 Å². The number of hydrogen-bond acceptors (Lipinski definition) is 5. The van der Waals surface area contributed by atoms with E-state index in [1.165, 1.54) is 19.2 Å². The topological polar surface area (TPSA) is 57.0 Å². The van der Waals surface area contributed by atoms with Gasteiger partial charge in [0.05, 0.1) is 29.5 Å². The van der Waals surface area contributed by atoms with Gasteiger partial charge in [-0.25, -0.2) is 14.1 Å². The predicted molar refractivity (Wildman–Crippen MR) is 112 cm³/mol. The van der Waals surface area contributed by atoms with E-state index in [1.54, 1.807) is 11.4 Å². The molecule has 0 atom stereocenters. The highest BCUT2D eigenvalue weighted by Crippen LogP contribution is 2.39. The number of aldehydes is 1. The molecule has 0 N–H and O–H groups in total. The zero-order valence-corrected chi connectivity index (χ0v) is 18.2. The molecule has 182 valence electrons. The molecule has 0 amide bonds. The van der Waals surface area contributed by atoms with Gasteiger partial charge in [-0.3, -0.25) is 4.79 Å². The summed E-state index contributed by atoms with van der Waals surface area (Å²) in [6.45, 7) is 0. The molecule has 2 heterocycles. The second-order valence-corrected chi connectivity index (χ2v) is 7.99. The Morgan fingerprint density at radius 2 is 1.63 bits per heavy atom. The number of rotatable bonds is 5. The minimum Gasteiger partial charge on any atom is -0.494 e. The van der Waals surface area contributed by atoms with Crippen LogP contribution in [0.5, 0.6) is 5.75 Å². The Hall–Kier alpha value is -3.74. The molecule has 0 unspecified atom stereocenters. The number of carbonyl (C=O) groups is 1. The van der Waals surface area contributed by atoms with E-state index in [1.807, 2.05) is 0 Å². The van der Waals surface area contributed by atoms with Gasteiger partial charge in [0.15, 0.2) is 17.9 Å². The van der Waals surface area contributed by atoms with Crippen LogP contribution in [-0.4, -0.2) is 28.2 Å². The van der Waals surface area contributed by atoms with Crippen molar-refractivity contribution >= 4 is 17.6 Å². The maximum atomic E-state index is 14.0. The Labute approximate surface area is 196 Å². The van der Waals surface area contributed by atoms with Crippen molar-refractivity contribution < 1.29 is 40.3 Å². The Morgan fingerprint density at radius 3 is 2.17 bits per heavy atom. The largest absolute Gasteiger partial charge is 0.494 e. The third kappa shape index (κ3) is 4.90. The van der Waals surface area contributed by atoms with E-state index in [0.717, 1.165) is 22.2 Å². The molecule has 2 aromatic carbocycles. The molecule has 4 aromatic rings. The molecule has 5 nitrogen and oxygen atoms in total. The lowest BCUT2D eigenvalue weighted by atomic mass is 10.0. The van der Waals surface area contributed by atoms with E-state index in [9.17, 15) is 35.5 Å². The summed E-state index contributed by atoms with van der Waals surface area (Å²) in [5.74, 6) is -0.606. The van der Waals surface area contributed by atoms with Crippen LogP contribution >= 0.6 is 11.3 Å². The Morgan fingerprint density at radius 1 is 0.971 bits per heavy atom. The van der Waals surface area contributed by atoms with Crippen molar-refractivity contribution in [3.05, 3.63) is 70.5 Å². The monoisotopic (exact) mass is 515 g/mol. The van der Waals surface area contributed by atoms with Crippen LogP contribution < -0.4 is 4.74 Å². The molecular formula is C22H12F7N3O2S. The number of benzene rings is 2.